The van der Waals surface area contributed by atoms with E-state index in [-0.39, 0.29) is 11.5 Å². The fraction of sp³-hybridized carbons (Fsp3) is 0.250. The number of hydrogen-bond donors (Lipinski definition) is 2. The molecule has 2 aromatic carbocycles. The van der Waals surface area contributed by atoms with E-state index in [2.05, 4.69) is 4.72 Å². The summed E-state index contributed by atoms with van der Waals surface area (Å²) in [5, 5.41) is 9.48. The molecular formula is C16H19NO3S. The molecule has 0 aromatic heterocycles. The number of aryl methyl sites for hydroxylation is 2. The van der Waals surface area contributed by atoms with Crippen LogP contribution in [0.4, 0.5) is 0 Å². The lowest BCUT2D eigenvalue weighted by molar-refractivity contribution is 0.259. The molecule has 0 fully saturated rings. The smallest absolute Gasteiger partial charge is 0.241 e. The summed E-state index contributed by atoms with van der Waals surface area (Å²) in [5.74, 6) is 0. The number of benzene rings is 2. The summed E-state index contributed by atoms with van der Waals surface area (Å²) in [6, 6.07) is 13.5. The maximum atomic E-state index is 12.5. The van der Waals surface area contributed by atoms with Gasteiger partial charge in [0, 0.05) is 0 Å². The standard InChI is InChI=1S/C16H19NO3S/c1-12-8-9-16(13(2)10-12)21(19,20)17-15(11-18)14-6-4-3-5-7-14/h3-10,15,17-18H,11H2,1-2H3/t15-/m0/s1. The molecule has 2 rings (SSSR count). The second-order valence-electron chi connectivity index (χ2n) is 5.04. The van der Waals surface area contributed by atoms with Crippen molar-refractivity contribution in [2.75, 3.05) is 6.61 Å². The van der Waals surface area contributed by atoms with Gasteiger partial charge < -0.3 is 5.11 Å². The lowest BCUT2D eigenvalue weighted by Gasteiger charge is -2.18. The zero-order chi connectivity index (χ0) is 15.5. The van der Waals surface area contributed by atoms with Crippen LogP contribution in [-0.4, -0.2) is 20.1 Å². The lowest BCUT2D eigenvalue weighted by Crippen LogP contribution is -2.31. The predicted octanol–water partition coefficient (Wildman–Crippen LogP) is 2.32. The fourth-order valence-corrected chi connectivity index (χ4v) is 3.69. The van der Waals surface area contributed by atoms with Crippen molar-refractivity contribution in [3.05, 3.63) is 65.2 Å². The summed E-state index contributed by atoms with van der Waals surface area (Å²) in [7, 11) is -3.68. The van der Waals surface area contributed by atoms with Gasteiger partial charge in [0.2, 0.25) is 10.0 Å². The van der Waals surface area contributed by atoms with Gasteiger partial charge in [0.15, 0.2) is 0 Å². The number of aliphatic hydroxyl groups is 1. The molecule has 4 nitrogen and oxygen atoms in total. The van der Waals surface area contributed by atoms with Crippen molar-refractivity contribution < 1.29 is 13.5 Å². The molecule has 5 heteroatoms. The van der Waals surface area contributed by atoms with Crippen molar-refractivity contribution in [3.63, 3.8) is 0 Å². The van der Waals surface area contributed by atoms with Crippen molar-refractivity contribution >= 4 is 10.0 Å². The highest BCUT2D eigenvalue weighted by Crippen LogP contribution is 2.20. The van der Waals surface area contributed by atoms with Crippen molar-refractivity contribution in [1.82, 2.24) is 4.72 Å². The molecule has 0 spiro atoms. The Hall–Kier alpha value is -1.69. The first-order valence-corrected chi connectivity index (χ1v) is 8.18. The molecule has 2 aromatic rings. The molecule has 112 valence electrons. The molecule has 0 aliphatic carbocycles. The highest BCUT2D eigenvalue weighted by Gasteiger charge is 2.22. The van der Waals surface area contributed by atoms with Gasteiger partial charge in [-0.1, -0.05) is 48.0 Å². The van der Waals surface area contributed by atoms with Gasteiger partial charge in [-0.15, -0.1) is 0 Å². The quantitative estimate of drug-likeness (QED) is 0.891. The molecular weight excluding hydrogens is 286 g/mol. The topological polar surface area (TPSA) is 66.4 Å². The van der Waals surface area contributed by atoms with Gasteiger partial charge in [-0.05, 0) is 31.0 Å². The summed E-state index contributed by atoms with van der Waals surface area (Å²) >= 11 is 0. The summed E-state index contributed by atoms with van der Waals surface area (Å²) in [4.78, 5) is 0.238. The summed E-state index contributed by atoms with van der Waals surface area (Å²) in [6.45, 7) is 3.38. The fourth-order valence-electron chi connectivity index (χ4n) is 2.25. The SMILES string of the molecule is Cc1ccc(S(=O)(=O)N[C@@H](CO)c2ccccc2)c(C)c1. The molecule has 0 saturated heterocycles. The van der Waals surface area contributed by atoms with E-state index in [0.29, 0.717) is 5.56 Å². The molecule has 0 saturated carbocycles. The molecule has 2 N–H and O–H groups in total. The van der Waals surface area contributed by atoms with Gasteiger partial charge in [0.1, 0.15) is 0 Å². The molecule has 0 aliphatic heterocycles. The number of nitrogens with one attached hydrogen (secondary N) is 1. The van der Waals surface area contributed by atoms with Crippen LogP contribution >= 0.6 is 0 Å². The number of sulfonamides is 1. The van der Waals surface area contributed by atoms with Gasteiger partial charge in [-0.2, -0.15) is 0 Å². The van der Waals surface area contributed by atoms with Crippen molar-refractivity contribution in [2.24, 2.45) is 0 Å². The van der Waals surface area contributed by atoms with Crippen LogP contribution in [0.25, 0.3) is 0 Å². The van der Waals surface area contributed by atoms with Gasteiger partial charge >= 0.3 is 0 Å². The minimum atomic E-state index is -3.68. The van der Waals surface area contributed by atoms with Crippen molar-refractivity contribution in [2.45, 2.75) is 24.8 Å². The Morgan fingerprint density at radius 2 is 1.76 bits per heavy atom. The molecule has 0 bridgehead atoms. The Morgan fingerprint density at radius 3 is 2.33 bits per heavy atom. The zero-order valence-corrected chi connectivity index (χ0v) is 12.9. The molecule has 0 aliphatic rings. The lowest BCUT2D eigenvalue weighted by atomic mass is 10.1. The Morgan fingerprint density at radius 1 is 1.10 bits per heavy atom. The van der Waals surface area contributed by atoms with Crippen LogP contribution in [0.15, 0.2) is 53.4 Å². The Kier molecular flexibility index (Phi) is 4.77. The monoisotopic (exact) mass is 305 g/mol. The highest BCUT2D eigenvalue weighted by atomic mass is 32.2. The Labute approximate surface area is 125 Å². The third-order valence-electron chi connectivity index (χ3n) is 3.30. The third kappa shape index (κ3) is 3.69. The Bertz CT molecular complexity index is 712. The van der Waals surface area contributed by atoms with Crippen LogP contribution in [0.3, 0.4) is 0 Å². The zero-order valence-electron chi connectivity index (χ0n) is 12.1. The highest BCUT2D eigenvalue weighted by molar-refractivity contribution is 7.89. The van der Waals surface area contributed by atoms with Gasteiger partial charge in [0.05, 0.1) is 17.5 Å². The van der Waals surface area contributed by atoms with E-state index in [4.69, 9.17) is 0 Å². The van der Waals surface area contributed by atoms with Crippen LogP contribution < -0.4 is 4.72 Å². The molecule has 0 radical (unpaired) electrons. The minimum absolute atomic E-state index is 0.238. The number of hydrogen-bond acceptors (Lipinski definition) is 3. The molecule has 1 atom stereocenters. The van der Waals surface area contributed by atoms with Crippen LogP contribution in [0.2, 0.25) is 0 Å². The maximum absolute atomic E-state index is 12.5. The first-order valence-electron chi connectivity index (χ1n) is 6.69. The molecule has 0 heterocycles. The number of aliphatic hydroxyl groups excluding tert-OH is 1. The second-order valence-corrected chi connectivity index (χ2v) is 6.72. The average Bonchev–Trinajstić information content (AvgIpc) is 2.45. The van der Waals surface area contributed by atoms with E-state index in [1.807, 2.05) is 31.2 Å². The Balaban J connectivity index is 2.32. The van der Waals surface area contributed by atoms with Crippen LogP contribution in [0.5, 0.6) is 0 Å². The van der Waals surface area contributed by atoms with E-state index < -0.39 is 16.1 Å². The normalized spacial score (nSPS) is 13.1. The van der Waals surface area contributed by atoms with Gasteiger partial charge in [0.25, 0.3) is 0 Å². The third-order valence-corrected chi connectivity index (χ3v) is 4.93. The van der Waals surface area contributed by atoms with E-state index in [0.717, 1.165) is 11.1 Å². The largest absolute Gasteiger partial charge is 0.394 e. The second kappa shape index (κ2) is 6.39. The molecule has 21 heavy (non-hydrogen) atoms. The van der Waals surface area contributed by atoms with E-state index in [9.17, 15) is 13.5 Å². The molecule has 0 unspecified atom stereocenters. The summed E-state index contributed by atoms with van der Waals surface area (Å²) in [5.41, 5.74) is 2.42. The van der Waals surface area contributed by atoms with E-state index in [1.165, 1.54) is 0 Å². The molecule has 0 amide bonds. The van der Waals surface area contributed by atoms with E-state index in [1.54, 1.807) is 31.2 Å². The van der Waals surface area contributed by atoms with Gasteiger partial charge in [-0.3, -0.25) is 0 Å². The van der Waals surface area contributed by atoms with Crippen LogP contribution in [0, 0.1) is 13.8 Å². The van der Waals surface area contributed by atoms with Crippen molar-refractivity contribution in [3.8, 4) is 0 Å². The first kappa shape index (κ1) is 15.7. The predicted molar refractivity (Wildman–Crippen MR) is 82.5 cm³/mol. The van der Waals surface area contributed by atoms with Crippen LogP contribution in [0.1, 0.15) is 22.7 Å². The summed E-state index contributed by atoms with van der Waals surface area (Å²) < 4.78 is 27.5. The maximum Gasteiger partial charge on any atom is 0.241 e. The van der Waals surface area contributed by atoms with E-state index >= 15 is 0 Å². The van der Waals surface area contributed by atoms with Gasteiger partial charge in [-0.25, -0.2) is 13.1 Å². The minimum Gasteiger partial charge on any atom is -0.394 e. The summed E-state index contributed by atoms with van der Waals surface area (Å²) in [6.07, 6.45) is 0. The van der Waals surface area contributed by atoms with Crippen molar-refractivity contribution in [1.29, 1.82) is 0 Å². The first-order chi connectivity index (χ1) is 9.94. The van der Waals surface area contributed by atoms with Crippen LogP contribution in [-0.2, 0) is 10.0 Å². The number of rotatable bonds is 5. The average molecular weight is 305 g/mol.